The summed E-state index contributed by atoms with van der Waals surface area (Å²) in [6.07, 6.45) is 3.38. The number of H-pyrrole nitrogens is 1. The Balaban J connectivity index is 1.95. The molecule has 2 aromatic heterocycles. The fraction of sp³-hybridized carbons (Fsp3) is 0.0667. The third kappa shape index (κ3) is 2.30. The molecular weight excluding hydrogens is 279 g/mol. The van der Waals surface area contributed by atoms with E-state index in [-0.39, 0.29) is 18.0 Å². The molecule has 5 heteroatoms. The summed E-state index contributed by atoms with van der Waals surface area (Å²) in [6.45, 7) is 0. The van der Waals surface area contributed by atoms with Gasteiger partial charge in [0.05, 0.1) is 5.02 Å². The van der Waals surface area contributed by atoms with Crippen LogP contribution in [-0.2, 0) is 6.42 Å². The highest BCUT2D eigenvalue weighted by atomic mass is 35.5. The molecule has 3 nitrogen and oxygen atoms in total. The van der Waals surface area contributed by atoms with E-state index in [1.54, 1.807) is 30.6 Å². The van der Waals surface area contributed by atoms with Crippen molar-refractivity contribution in [3.8, 4) is 0 Å². The number of hydrogen-bond acceptors (Lipinski definition) is 2. The van der Waals surface area contributed by atoms with Gasteiger partial charge in [0.2, 0.25) is 0 Å². The number of nitrogens with one attached hydrogen (secondary N) is 1. The van der Waals surface area contributed by atoms with Crippen LogP contribution in [0.2, 0.25) is 5.02 Å². The molecule has 100 valence electrons. The van der Waals surface area contributed by atoms with Crippen molar-refractivity contribution in [1.29, 1.82) is 0 Å². The van der Waals surface area contributed by atoms with Gasteiger partial charge in [-0.15, -0.1) is 0 Å². The second kappa shape index (κ2) is 5.06. The normalized spacial score (nSPS) is 10.9. The Bertz CT molecular complexity index is 780. The quantitative estimate of drug-likeness (QED) is 0.746. The topological polar surface area (TPSA) is 45.8 Å². The van der Waals surface area contributed by atoms with E-state index in [4.69, 9.17) is 11.6 Å². The van der Waals surface area contributed by atoms with E-state index in [1.807, 2.05) is 0 Å². The number of Topliss-reactive ketones (excluding diaryl/α,β-unsaturated/α-hetero) is 1. The van der Waals surface area contributed by atoms with Crippen molar-refractivity contribution >= 4 is 28.4 Å². The zero-order valence-electron chi connectivity index (χ0n) is 10.4. The molecule has 1 aromatic carbocycles. The highest BCUT2D eigenvalue weighted by Crippen LogP contribution is 2.26. The lowest BCUT2D eigenvalue weighted by Crippen LogP contribution is -2.03. The SMILES string of the molecule is O=C(Cc1ccc(F)cc1)c1c[nH]c2nccc(Cl)c12. The van der Waals surface area contributed by atoms with Crippen LogP contribution in [0.5, 0.6) is 0 Å². The fourth-order valence-electron chi connectivity index (χ4n) is 2.12. The van der Waals surface area contributed by atoms with E-state index < -0.39 is 0 Å². The zero-order chi connectivity index (χ0) is 14.1. The summed E-state index contributed by atoms with van der Waals surface area (Å²) in [7, 11) is 0. The summed E-state index contributed by atoms with van der Waals surface area (Å²) in [6, 6.07) is 7.52. The summed E-state index contributed by atoms with van der Waals surface area (Å²) in [4.78, 5) is 19.4. The molecule has 0 saturated carbocycles. The molecule has 0 atom stereocenters. The van der Waals surface area contributed by atoms with Crippen LogP contribution >= 0.6 is 11.6 Å². The van der Waals surface area contributed by atoms with Gasteiger partial charge in [0.15, 0.2) is 5.78 Å². The van der Waals surface area contributed by atoms with Gasteiger partial charge in [-0.1, -0.05) is 23.7 Å². The van der Waals surface area contributed by atoms with E-state index >= 15 is 0 Å². The van der Waals surface area contributed by atoms with Crippen LogP contribution in [0.1, 0.15) is 15.9 Å². The molecule has 20 heavy (non-hydrogen) atoms. The molecule has 2 heterocycles. The predicted octanol–water partition coefficient (Wildman–Crippen LogP) is 3.78. The molecule has 0 aliphatic rings. The van der Waals surface area contributed by atoms with E-state index in [0.717, 1.165) is 5.56 Å². The summed E-state index contributed by atoms with van der Waals surface area (Å²) in [5, 5.41) is 1.11. The van der Waals surface area contributed by atoms with Gasteiger partial charge in [0, 0.05) is 29.8 Å². The number of fused-ring (bicyclic) bond motifs is 1. The molecule has 3 aromatic rings. The lowest BCUT2D eigenvalue weighted by atomic mass is 10.0. The molecule has 0 amide bonds. The maximum atomic E-state index is 12.8. The number of ketones is 1. The van der Waals surface area contributed by atoms with Crippen molar-refractivity contribution in [1.82, 2.24) is 9.97 Å². The molecule has 1 N–H and O–H groups in total. The summed E-state index contributed by atoms with van der Waals surface area (Å²) < 4.78 is 12.8. The average Bonchev–Trinajstić information content (AvgIpc) is 2.87. The Hall–Kier alpha value is -2.20. The first kappa shape index (κ1) is 12.8. The minimum atomic E-state index is -0.319. The summed E-state index contributed by atoms with van der Waals surface area (Å²) >= 11 is 6.11. The van der Waals surface area contributed by atoms with Gasteiger partial charge >= 0.3 is 0 Å². The van der Waals surface area contributed by atoms with Crippen molar-refractivity contribution < 1.29 is 9.18 Å². The number of halogens is 2. The zero-order valence-corrected chi connectivity index (χ0v) is 11.1. The number of hydrogen-bond donors (Lipinski definition) is 1. The minimum Gasteiger partial charge on any atom is -0.345 e. The fourth-order valence-corrected chi connectivity index (χ4v) is 2.37. The van der Waals surface area contributed by atoms with Crippen molar-refractivity contribution in [3.05, 3.63) is 64.7 Å². The molecule has 0 fully saturated rings. The Kier molecular flexibility index (Phi) is 3.24. The second-order valence-corrected chi connectivity index (χ2v) is 4.85. The van der Waals surface area contributed by atoms with E-state index in [0.29, 0.717) is 21.6 Å². The molecule has 0 bridgehead atoms. The Morgan fingerprint density at radius 1 is 1.25 bits per heavy atom. The first-order chi connectivity index (χ1) is 9.65. The van der Waals surface area contributed by atoms with Crippen molar-refractivity contribution in [2.24, 2.45) is 0 Å². The predicted molar refractivity (Wildman–Crippen MR) is 75.5 cm³/mol. The molecule has 0 radical (unpaired) electrons. The van der Waals surface area contributed by atoms with Crippen LogP contribution in [0, 0.1) is 5.82 Å². The number of carbonyl (C=O) groups is 1. The molecule has 0 aliphatic heterocycles. The Morgan fingerprint density at radius 2 is 2.00 bits per heavy atom. The third-order valence-electron chi connectivity index (χ3n) is 3.10. The number of nitrogens with zero attached hydrogens (tertiary/aromatic N) is 1. The maximum absolute atomic E-state index is 12.8. The smallest absolute Gasteiger partial charge is 0.169 e. The van der Waals surface area contributed by atoms with Crippen LogP contribution in [0.4, 0.5) is 4.39 Å². The van der Waals surface area contributed by atoms with Crippen molar-refractivity contribution in [2.75, 3.05) is 0 Å². The standard InChI is InChI=1S/C15H10ClFN2O/c16-12-5-6-18-15-14(12)11(8-19-15)13(20)7-9-1-3-10(17)4-2-9/h1-6,8H,7H2,(H,18,19). The van der Waals surface area contributed by atoms with Gasteiger partial charge in [-0.3, -0.25) is 4.79 Å². The largest absolute Gasteiger partial charge is 0.345 e. The monoisotopic (exact) mass is 288 g/mol. The van der Waals surface area contributed by atoms with Gasteiger partial charge in [-0.25, -0.2) is 9.37 Å². The van der Waals surface area contributed by atoms with E-state index in [9.17, 15) is 9.18 Å². The highest BCUT2D eigenvalue weighted by molar-refractivity contribution is 6.36. The number of carbonyl (C=O) groups excluding carboxylic acids is 1. The second-order valence-electron chi connectivity index (χ2n) is 4.45. The van der Waals surface area contributed by atoms with Crippen LogP contribution < -0.4 is 0 Å². The molecule has 0 spiro atoms. The maximum Gasteiger partial charge on any atom is 0.169 e. The summed E-state index contributed by atoms with van der Waals surface area (Å²) in [5.41, 5.74) is 1.84. The first-order valence-corrected chi connectivity index (χ1v) is 6.42. The Labute approximate surface area is 119 Å². The molecular formula is C15H10ClFN2O. The van der Waals surface area contributed by atoms with Crippen molar-refractivity contribution in [3.63, 3.8) is 0 Å². The van der Waals surface area contributed by atoms with Gasteiger partial charge in [-0.2, -0.15) is 0 Å². The van der Waals surface area contributed by atoms with Crippen LogP contribution in [0.25, 0.3) is 11.0 Å². The van der Waals surface area contributed by atoms with Gasteiger partial charge in [-0.05, 0) is 23.8 Å². The van der Waals surface area contributed by atoms with Crippen LogP contribution in [0.3, 0.4) is 0 Å². The van der Waals surface area contributed by atoms with Gasteiger partial charge in [0.1, 0.15) is 11.5 Å². The van der Waals surface area contributed by atoms with Crippen molar-refractivity contribution in [2.45, 2.75) is 6.42 Å². The lowest BCUT2D eigenvalue weighted by molar-refractivity contribution is 0.0994. The number of benzene rings is 1. The number of aromatic amines is 1. The van der Waals surface area contributed by atoms with Crippen LogP contribution in [0.15, 0.2) is 42.7 Å². The first-order valence-electron chi connectivity index (χ1n) is 6.04. The molecule has 3 rings (SSSR count). The van der Waals surface area contributed by atoms with Gasteiger partial charge < -0.3 is 4.98 Å². The highest BCUT2D eigenvalue weighted by Gasteiger charge is 2.15. The molecule has 0 aliphatic carbocycles. The van der Waals surface area contributed by atoms with E-state index in [2.05, 4.69) is 9.97 Å². The van der Waals surface area contributed by atoms with Gasteiger partial charge in [0.25, 0.3) is 0 Å². The third-order valence-corrected chi connectivity index (χ3v) is 3.42. The minimum absolute atomic E-state index is 0.0854. The lowest BCUT2D eigenvalue weighted by Gasteiger charge is -2.01. The number of rotatable bonds is 3. The van der Waals surface area contributed by atoms with E-state index in [1.165, 1.54) is 12.1 Å². The molecule has 0 saturated heterocycles. The van der Waals surface area contributed by atoms with Crippen LogP contribution in [-0.4, -0.2) is 15.8 Å². The molecule has 0 unspecified atom stereocenters. The summed E-state index contributed by atoms with van der Waals surface area (Å²) in [5.74, 6) is -0.404. The Morgan fingerprint density at radius 3 is 2.75 bits per heavy atom. The number of pyridine rings is 1. The number of aromatic nitrogens is 2. The average molecular weight is 289 g/mol.